The minimum atomic E-state index is -5.02. The summed E-state index contributed by atoms with van der Waals surface area (Å²) in [4.78, 5) is 26.4. The molecule has 2 rings (SSSR count). The molecule has 3 atom stereocenters. The first kappa shape index (κ1) is 19.9. The van der Waals surface area contributed by atoms with Crippen LogP contribution < -0.4 is 16.7 Å². The molecule has 1 aromatic heterocycles. The molecule has 1 aromatic rings. The summed E-state index contributed by atoms with van der Waals surface area (Å²) in [5.74, 6) is -2.18. The lowest BCUT2D eigenvalue weighted by atomic mass is 10.1. The van der Waals surface area contributed by atoms with Gasteiger partial charge >= 0.3 is 17.8 Å². The fraction of sp³-hybridized carbons (Fsp3) is 0.500. The largest absolute Gasteiger partial charge is 0.471 e. The summed E-state index contributed by atoms with van der Waals surface area (Å²) in [5.41, 5.74) is 3.00. The van der Waals surface area contributed by atoms with Crippen LogP contribution in [0.3, 0.4) is 0 Å². The van der Waals surface area contributed by atoms with Crippen molar-refractivity contribution in [3.63, 3.8) is 0 Å². The van der Waals surface area contributed by atoms with E-state index in [9.17, 15) is 33.0 Å². The lowest BCUT2D eigenvalue weighted by molar-refractivity contribution is -0.173. The van der Waals surface area contributed by atoms with Crippen LogP contribution in [0.15, 0.2) is 29.2 Å². The first-order valence-electron chi connectivity index (χ1n) is 7.44. The molecular weight excluding hydrogens is 361 g/mol. The van der Waals surface area contributed by atoms with Gasteiger partial charge in [0, 0.05) is 19.2 Å². The molecule has 1 fully saturated rings. The van der Waals surface area contributed by atoms with Gasteiger partial charge in [0.2, 0.25) is 0 Å². The number of nitrogen functional groups attached to an aromatic ring is 1. The molecule has 0 bridgehead atoms. The van der Waals surface area contributed by atoms with Gasteiger partial charge in [-0.1, -0.05) is 6.08 Å². The van der Waals surface area contributed by atoms with E-state index in [1.54, 1.807) is 5.32 Å². The van der Waals surface area contributed by atoms with Crippen molar-refractivity contribution in [3.05, 3.63) is 34.9 Å². The average Bonchev–Trinajstić information content (AvgIpc) is 2.87. The van der Waals surface area contributed by atoms with Crippen LogP contribution in [0, 0.1) is 0 Å². The molecule has 0 radical (unpaired) electrons. The van der Waals surface area contributed by atoms with Crippen LogP contribution in [0.2, 0.25) is 0 Å². The third-order valence-corrected chi connectivity index (χ3v) is 3.72. The van der Waals surface area contributed by atoms with Crippen LogP contribution in [-0.2, 0) is 15.3 Å². The number of anilines is 1. The number of rotatable bonds is 5. The smallest absolute Gasteiger partial charge is 0.394 e. The van der Waals surface area contributed by atoms with E-state index < -0.39 is 48.9 Å². The number of aromatic nitrogens is 2. The Morgan fingerprint density at radius 2 is 2.27 bits per heavy atom. The minimum Gasteiger partial charge on any atom is -0.394 e. The topological polar surface area (TPSA) is 140 Å². The normalized spacial score (nSPS) is 26.3. The summed E-state index contributed by atoms with van der Waals surface area (Å²) in [6.07, 6.45) is -3.76. The number of aliphatic hydroxyl groups excluding tert-OH is 2. The standard InChI is InChI=1S/C14H17F3N4O5/c15-14(16,17)11(24)19-4-1-3-13(6-8(23)9(7-22)26-13)21-5-2-10(18)20-12(21)25/h1-3,5,8-9,22-23H,4,6-7H2,(H,19,24)(H2,18,20,25)/t8-,9+,13+/m0/s1. The van der Waals surface area contributed by atoms with Crippen molar-refractivity contribution >= 4 is 11.7 Å². The first-order valence-corrected chi connectivity index (χ1v) is 7.44. The highest BCUT2D eigenvalue weighted by Gasteiger charge is 2.46. The van der Waals surface area contributed by atoms with Gasteiger partial charge in [-0.3, -0.25) is 9.36 Å². The van der Waals surface area contributed by atoms with Gasteiger partial charge in [0.1, 0.15) is 11.9 Å². The highest BCUT2D eigenvalue weighted by atomic mass is 19.4. The van der Waals surface area contributed by atoms with E-state index in [0.29, 0.717) is 0 Å². The van der Waals surface area contributed by atoms with E-state index in [4.69, 9.17) is 10.5 Å². The number of alkyl halides is 3. The van der Waals surface area contributed by atoms with Crippen molar-refractivity contribution in [2.24, 2.45) is 0 Å². The summed E-state index contributed by atoms with van der Waals surface area (Å²) >= 11 is 0. The number of halogens is 3. The van der Waals surface area contributed by atoms with E-state index in [1.807, 2.05) is 0 Å². The van der Waals surface area contributed by atoms with Crippen LogP contribution >= 0.6 is 0 Å². The second kappa shape index (κ2) is 7.43. The van der Waals surface area contributed by atoms with Gasteiger partial charge in [-0.2, -0.15) is 18.2 Å². The van der Waals surface area contributed by atoms with Crippen molar-refractivity contribution in [1.82, 2.24) is 14.9 Å². The van der Waals surface area contributed by atoms with Gasteiger partial charge in [-0.05, 0) is 12.1 Å². The molecule has 0 unspecified atom stereocenters. The Kier molecular flexibility index (Phi) is 5.68. The number of carbonyl (C=O) groups is 1. The fourth-order valence-corrected chi connectivity index (χ4v) is 2.52. The molecule has 26 heavy (non-hydrogen) atoms. The van der Waals surface area contributed by atoms with Crippen molar-refractivity contribution < 1.29 is 32.9 Å². The summed E-state index contributed by atoms with van der Waals surface area (Å²) in [6.45, 7) is -1.04. The number of aliphatic hydroxyl groups is 2. The number of ether oxygens (including phenoxy) is 1. The Labute approximate surface area is 144 Å². The molecule has 9 nitrogen and oxygen atoms in total. The Balaban J connectivity index is 2.27. The number of nitrogens with zero attached hydrogens (tertiary/aromatic N) is 2. The molecule has 1 saturated heterocycles. The molecule has 5 N–H and O–H groups in total. The maximum atomic E-state index is 12.2. The number of amides is 1. The van der Waals surface area contributed by atoms with E-state index in [0.717, 1.165) is 10.6 Å². The van der Waals surface area contributed by atoms with E-state index >= 15 is 0 Å². The van der Waals surface area contributed by atoms with Gasteiger partial charge in [0.25, 0.3) is 0 Å². The Bertz CT molecular complexity index is 751. The second-order valence-electron chi connectivity index (χ2n) is 5.57. The molecule has 0 saturated carbocycles. The lowest BCUT2D eigenvalue weighted by Crippen LogP contribution is -2.41. The van der Waals surface area contributed by atoms with Crippen LogP contribution in [0.1, 0.15) is 6.42 Å². The van der Waals surface area contributed by atoms with E-state index in [2.05, 4.69) is 4.98 Å². The van der Waals surface area contributed by atoms with E-state index in [1.165, 1.54) is 18.3 Å². The molecule has 12 heteroatoms. The van der Waals surface area contributed by atoms with Crippen molar-refractivity contribution in [1.29, 1.82) is 0 Å². The Hall–Kier alpha value is -2.44. The third-order valence-electron chi connectivity index (χ3n) is 3.72. The molecule has 0 aromatic carbocycles. The van der Waals surface area contributed by atoms with Gasteiger partial charge < -0.3 is 26.0 Å². The maximum absolute atomic E-state index is 12.2. The Morgan fingerprint density at radius 1 is 1.58 bits per heavy atom. The predicted molar refractivity (Wildman–Crippen MR) is 81.7 cm³/mol. The molecular formula is C14H17F3N4O5. The van der Waals surface area contributed by atoms with Crippen molar-refractivity contribution in [2.75, 3.05) is 18.9 Å². The number of hydrogen-bond acceptors (Lipinski definition) is 7. The molecule has 1 aliphatic rings. The monoisotopic (exact) mass is 378 g/mol. The number of carbonyl (C=O) groups excluding carboxylic acids is 1. The molecule has 0 aliphatic carbocycles. The zero-order chi connectivity index (χ0) is 19.5. The average molecular weight is 378 g/mol. The van der Waals surface area contributed by atoms with Crippen molar-refractivity contribution in [3.8, 4) is 0 Å². The SMILES string of the molecule is Nc1ccn([C@@]2(C=CCNC(=O)C(F)(F)F)C[C@H](O)[C@@H](CO)O2)c(=O)n1. The quantitative estimate of drug-likeness (QED) is 0.475. The number of hydrogen-bond donors (Lipinski definition) is 4. The van der Waals surface area contributed by atoms with Crippen LogP contribution in [0.4, 0.5) is 19.0 Å². The van der Waals surface area contributed by atoms with Crippen molar-refractivity contribution in [2.45, 2.75) is 30.5 Å². The Morgan fingerprint density at radius 3 is 2.81 bits per heavy atom. The van der Waals surface area contributed by atoms with Gasteiger partial charge in [0.15, 0.2) is 5.72 Å². The van der Waals surface area contributed by atoms with Gasteiger partial charge in [0.05, 0.1) is 12.7 Å². The third kappa shape index (κ3) is 4.20. The first-order chi connectivity index (χ1) is 12.1. The zero-order valence-electron chi connectivity index (χ0n) is 13.3. The number of nitrogens with one attached hydrogen (secondary N) is 1. The summed E-state index contributed by atoms with van der Waals surface area (Å²) in [6, 6.07) is 1.30. The minimum absolute atomic E-state index is 0.0555. The van der Waals surface area contributed by atoms with Gasteiger partial charge in [-0.15, -0.1) is 0 Å². The molecule has 2 heterocycles. The highest BCUT2D eigenvalue weighted by Crippen LogP contribution is 2.35. The molecule has 144 valence electrons. The van der Waals surface area contributed by atoms with Crippen LogP contribution in [0.5, 0.6) is 0 Å². The molecule has 1 aliphatic heterocycles. The van der Waals surface area contributed by atoms with Crippen LogP contribution in [-0.4, -0.2) is 57.2 Å². The maximum Gasteiger partial charge on any atom is 0.471 e. The zero-order valence-corrected chi connectivity index (χ0v) is 13.3. The summed E-state index contributed by atoms with van der Waals surface area (Å²) in [5, 5.41) is 20.9. The second-order valence-corrected chi connectivity index (χ2v) is 5.57. The summed E-state index contributed by atoms with van der Waals surface area (Å²) < 4.78 is 43.1. The highest BCUT2D eigenvalue weighted by molar-refractivity contribution is 5.81. The number of nitrogens with two attached hydrogens (primary N) is 1. The van der Waals surface area contributed by atoms with Gasteiger partial charge in [-0.25, -0.2) is 4.79 Å². The lowest BCUT2D eigenvalue weighted by Gasteiger charge is -2.27. The molecule has 1 amide bonds. The predicted octanol–water partition coefficient (Wildman–Crippen LogP) is -1.14. The van der Waals surface area contributed by atoms with E-state index in [-0.39, 0.29) is 12.2 Å². The fourth-order valence-electron chi connectivity index (χ4n) is 2.52. The summed E-state index contributed by atoms with van der Waals surface area (Å²) in [7, 11) is 0. The van der Waals surface area contributed by atoms with Crippen LogP contribution in [0.25, 0.3) is 0 Å². The molecule has 0 spiro atoms.